The van der Waals surface area contributed by atoms with Gasteiger partial charge in [0.25, 0.3) is 0 Å². The summed E-state index contributed by atoms with van der Waals surface area (Å²) in [5.41, 5.74) is 11.0. The molecule has 1 saturated carbocycles. The Morgan fingerprint density at radius 1 is 0.952 bits per heavy atom. The van der Waals surface area contributed by atoms with E-state index in [4.69, 9.17) is 5.73 Å². The summed E-state index contributed by atoms with van der Waals surface area (Å²) in [6.07, 6.45) is 6.58. The normalized spacial score (nSPS) is 22.1. The molecule has 3 rings (SSSR count). The first-order chi connectivity index (χ1) is 10.2. The third-order valence-electron chi connectivity index (χ3n) is 4.86. The molecule has 2 aromatic rings. The number of rotatable bonds is 3. The van der Waals surface area contributed by atoms with Gasteiger partial charge in [0.15, 0.2) is 0 Å². The van der Waals surface area contributed by atoms with E-state index in [1.807, 2.05) is 12.1 Å². The number of nitrogens with two attached hydrogens (primary N) is 1. The van der Waals surface area contributed by atoms with Crippen LogP contribution in [0.1, 0.15) is 48.3 Å². The molecule has 2 aromatic carbocycles. The Labute approximate surface area is 128 Å². The maximum Gasteiger partial charge on any atom is 0.0314 e. The van der Waals surface area contributed by atoms with Gasteiger partial charge in [-0.2, -0.15) is 0 Å². The molecule has 0 spiro atoms. The van der Waals surface area contributed by atoms with Crippen molar-refractivity contribution in [1.29, 1.82) is 0 Å². The molecule has 1 aliphatic carbocycles. The number of hydrogen-bond acceptors (Lipinski definition) is 1. The summed E-state index contributed by atoms with van der Waals surface area (Å²) in [5.74, 6) is 1.61. The lowest BCUT2D eigenvalue weighted by Gasteiger charge is -2.29. The number of anilines is 1. The van der Waals surface area contributed by atoms with Gasteiger partial charge in [0.1, 0.15) is 0 Å². The van der Waals surface area contributed by atoms with Crippen molar-refractivity contribution in [1.82, 2.24) is 0 Å². The van der Waals surface area contributed by atoms with E-state index in [1.54, 1.807) is 5.56 Å². The summed E-state index contributed by atoms with van der Waals surface area (Å²) in [6, 6.07) is 17.5. The van der Waals surface area contributed by atoms with Crippen molar-refractivity contribution in [3.63, 3.8) is 0 Å². The molecule has 0 saturated heterocycles. The number of nitrogen functional groups attached to an aromatic ring is 1. The lowest BCUT2D eigenvalue weighted by molar-refractivity contribution is 0.324. The quantitative estimate of drug-likeness (QED) is 0.778. The standard InChI is InChI=1S/C20H25N/c1-15-3-2-4-19(13-15)18-9-5-16(6-10-18)14-17-7-11-20(21)12-8-17/h2-4,7-8,11-13,16,18H,5-6,9-10,14,21H2,1H3. The van der Waals surface area contributed by atoms with Gasteiger partial charge in [0.2, 0.25) is 0 Å². The summed E-state index contributed by atoms with van der Waals surface area (Å²) in [4.78, 5) is 0. The Morgan fingerprint density at radius 2 is 1.67 bits per heavy atom. The van der Waals surface area contributed by atoms with Crippen molar-refractivity contribution in [3.8, 4) is 0 Å². The first kappa shape index (κ1) is 14.2. The monoisotopic (exact) mass is 279 g/mol. The molecule has 0 bridgehead atoms. The minimum Gasteiger partial charge on any atom is -0.399 e. The average Bonchev–Trinajstić information content (AvgIpc) is 2.50. The summed E-state index contributed by atoms with van der Waals surface area (Å²) in [5, 5.41) is 0. The molecule has 0 radical (unpaired) electrons. The first-order valence-corrected chi connectivity index (χ1v) is 8.11. The summed E-state index contributed by atoms with van der Waals surface area (Å²) in [6.45, 7) is 2.19. The van der Waals surface area contributed by atoms with E-state index in [9.17, 15) is 0 Å². The molecule has 0 aliphatic heterocycles. The fourth-order valence-electron chi connectivity index (χ4n) is 3.61. The van der Waals surface area contributed by atoms with E-state index in [1.165, 1.54) is 43.2 Å². The molecule has 0 amide bonds. The third-order valence-corrected chi connectivity index (χ3v) is 4.86. The largest absolute Gasteiger partial charge is 0.399 e. The van der Waals surface area contributed by atoms with Crippen molar-refractivity contribution < 1.29 is 0 Å². The van der Waals surface area contributed by atoms with E-state index in [0.29, 0.717) is 0 Å². The zero-order valence-corrected chi connectivity index (χ0v) is 12.9. The molecule has 1 fully saturated rings. The second-order valence-electron chi connectivity index (χ2n) is 6.58. The molecule has 2 N–H and O–H groups in total. The van der Waals surface area contributed by atoms with Gasteiger partial charge in [-0.05, 0) is 74.1 Å². The molecule has 0 heterocycles. The highest BCUT2D eigenvalue weighted by Gasteiger charge is 2.22. The second kappa shape index (κ2) is 6.34. The van der Waals surface area contributed by atoms with Crippen molar-refractivity contribution in [2.75, 3.05) is 5.73 Å². The Bertz CT molecular complexity index is 577. The molecular formula is C20H25N. The highest BCUT2D eigenvalue weighted by atomic mass is 14.5. The molecule has 1 aliphatic rings. The van der Waals surface area contributed by atoms with Gasteiger partial charge in [0.05, 0.1) is 0 Å². The van der Waals surface area contributed by atoms with Gasteiger partial charge >= 0.3 is 0 Å². The average molecular weight is 279 g/mol. The Hall–Kier alpha value is -1.76. The minimum absolute atomic E-state index is 0.771. The van der Waals surface area contributed by atoms with Crippen LogP contribution in [0.15, 0.2) is 48.5 Å². The van der Waals surface area contributed by atoms with Crippen molar-refractivity contribution in [3.05, 3.63) is 65.2 Å². The van der Waals surface area contributed by atoms with Gasteiger partial charge in [0, 0.05) is 5.69 Å². The van der Waals surface area contributed by atoms with Crippen LogP contribution in [0, 0.1) is 12.8 Å². The molecule has 1 heteroatoms. The first-order valence-electron chi connectivity index (χ1n) is 8.11. The molecule has 110 valence electrons. The van der Waals surface area contributed by atoms with Crippen LogP contribution in [0.3, 0.4) is 0 Å². The van der Waals surface area contributed by atoms with Crippen molar-refractivity contribution >= 4 is 5.69 Å². The Balaban J connectivity index is 1.56. The van der Waals surface area contributed by atoms with E-state index >= 15 is 0 Å². The minimum atomic E-state index is 0.771. The van der Waals surface area contributed by atoms with Crippen LogP contribution in [0.25, 0.3) is 0 Å². The maximum atomic E-state index is 5.75. The van der Waals surface area contributed by atoms with Gasteiger partial charge in [-0.15, -0.1) is 0 Å². The van der Waals surface area contributed by atoms with E-state index in [0.717, 1.165) is 17.5 Å². The SMILES string of the molecule is Cc1cccc(C2CCC(Cc3ccc(N)cc3)CC2)c1. The van der Waals surface area contributed by atoms with Crippen LogP contribution >= 0.6 is 0 Å². The smallest absolute Gasteiger partial charge is 0.0314 e. The van der Waals surface area contributed by atoms with Gasteiger partial charge in [-0.25, -0.2) is 0 Å². The summed E-state index contributed by atoms with van der Waals surface area (Å²) in [7, 11) is 0. The zero-order valence-electron chi connectivity index (χ0n) is 12.9. The summed E-state index contributed by atoms with van der Waals surface area (Å²) < 4.78 is 0. The fraction of sp³-hybridized carbons (Fsp3) is 0.400. The van der Waals surface area contributed by atoms with Crippen LogP contribution < -0.4 is 5.73 Å². The molecular weight excluding hydrogens is 254 g/mol. The summed E-state index contributed by atoms with van der Waals surface area (Å²) >= 11 is 0. The molecule has 0 atom stereocenters. The highest BCUT2D eigenvalue weighted by Crippen LogP contribution is 2.37. The Kier molecular flexibility index (Phi) is 4.28. The predicted octanol–water partition coefficient (Wildman–Crippen LogP) is 5.09. The van der Waals surface area contributed by atoms with Crippen LogP contribution in [-0.4, -0.2) is 0 Å². The lowest BCUT2D eigenvalue weighted by atomic mass is 9.76. The van der Waals surface area contributed by atoms with Gasteiger partial charge in [-0.3, -0.25) is 0 Å². The molecule has 21 heavy (non-hydrogen) atoms. The Morgan fingerprint density at radius 3 is 2.33 bits per heavy atom. The van der Waals surface area contributed by atoms with Gasteiger partial charge < -0.3 is 5.73 Å². The third kappa shape index (κ3) is 3.66. The van der Waals surface area contributed by atoms with Crippen molar-refractivity contribution in [2.45, 2.75) is 44.9 Å². The van der Waals surface area contributed by atoms with E-state index in [2.05, 4.69) is 43.3 Å². The number of aryl methyl sites for hydroxylation is 1. The van der Waals surface area contributed by atoms with Crippen LogP contribution in [0.2, 0.25) is 0 Å². The molecule has 1 nitrogen and oxygen atoms in total. The maximum absolute atomic E-state index is 5.75. The highest BCUT2D eigenvalue weighted by molar-refractivity contribution is 5.39. The number of hydrogen-bond donors (Lipinski definition) is 1. The molecule has 0 aromatic heterocycles. The fourth-order valence-corrected chi connectivity index (χ4v) is 3.61. The van der Waals surface area contributed by atoms with Crippen LogP contribution in [0.5, 0.6) is 0 Å². The predicted molar refractivity (Wildman–Crippen MR) is 90.4 cm³/mol. The van der Waals surface area contributed by atoms with Crippen LogP contribution in [0.4, 0.5) is 5.69 Å². The lowest BCUT2D eigenvalue weighted by Crippen LogP contribution is -2.15. The van der Waals surface area contributed by atoms with Crippen molar-refractivity contribution in [2.24, 2.45) is 5.92 Å². The van der Waals surface area contributed by atoms with E-state index in [-0.39, 0.29) is 0 Å². The molecule has 0 unspecified atom stereocenters. The van der Waals surface area contributed by atoms with E-state index < -0.39 is 0 Å². The zero-order chi connectivity index (χ0) is 14.7. The topological polar surface area (TPSA) is 26.0 Å². The second-order valence-corrected chi connectivity index (χ2v) is 6.58. The number of benzene rings is 2. The van der Waals surface area contributed by atoms with Gasteiger partial charge in [-0.1, -0.05) is 42.0 Å². The van der Waals surface area contributed by atoms with Crippen LogP contribution in [-0.2, 0) is 6.42 Å².